The number of hydrogen-bond acceptors (Lipinski definition) is 4. The summed E-state index contributed by atoms with van der Waals surface area (Å²) in [5, 5.41) is 3.91. The normalized spacial score (nSPS) is 11.4. The van der Waals surface area contributed by atoms with Crippen LogP contribution in [0.2, 0.25) is 5.02 Å². The number of amides is 1. The Morgan fingerprint density at radius 2 is 2.10 bits per heavy atom. The summed E-state index contributed by atoms with van der Waals surface area (Å²) < 4.78 is 1.66. The van der Waals surface area contributed by atoms with Crippen LogP contribution >= 0.6 is 23.4 Å². The smallest absolute Gasteiger partial charge is 0.278 e. The molecule has 2 heterocycles. The van der Waals surface area contributed by atoms with E-state index in [1.165, 1.54) is 11.8 Å². The Kier molecular flexibility index (Phi) is 6.70. The third kappa shape index (κ3) is 5.03. The van der Waals surface area contributed by atoms with Gasteiger partial charge >= 0.3 is 0 Å². The predicted molar refractivity (Wildman–Crippen MR) is 120 cm³/mol. The van der Waals surface area contributed by atoms with Gasteiger partial charge in [0, 0.05) is 12.2 Å². The molecule has 2 aromatic heterocycles. The van der Waals surface area contributed by atoms with Crippen LogP contribution in [0.5, 0.6) is 0 Å². The monoisotopic (exact) mass is 432 g/mol. The van der Waals surface area contributed by atoms with Gasteiger partial charge in [-0.1, -0.05) is 49.3 Å². The number of fused-ring (bicyclic) bond motifs is 1. The summed E-state index contributed by atoms with van der Waals surface area (Å²) in [7, 11) is 0. The van der Waals surface area contributed by atoms with Crippen LogP contribution in [0.15, 0.2) is 34.2 Å². The fourth-order valence-electron chi connectivity index (χ4n) is 3.00. The molecule has 8 heteroatoms. The largest absolute Gasteiger partial charge is 0.353 e. The van der Waals surface area contributed by atoms with E-state index in [2.05, 4.69) is 29.1 Å². The topological polar surface area (TPSA) is 79.8 Å². The zero-order valence-electron chi connectivity index (χ0n) is 17.0. The molecular weight excluding hydrogens is 408 g/mol. The zero-order chi connectivity index (χ0) is 21.1. The SMILES string of the molecule is Cc1cc2nc(SCC(=O)Nc3c(C)cccc3Cl)n(CCC(C)C)c(=O)c2[nH]1. The number of para-hydroxylation sites is 1. The highest BCUT2D eigenvalue weighted by atomic mass is 35.5. The summed E-state index contributed by atoms with van der Waals surface area (Å²) in [6, 6.07) is 7.32. The maximum absolute atomic E-state index is 13.0. The molecule has 3 aromatic rings. The van der Waals surface area contributed by atoms with Crippen LogP contribution in [0, 0.1) is 19.8 Å². The molecule has 154 valence electrons. The van der Waals surface area contributed by atoms with Gasteiger partial charge in [-0.05, 0) is 43.9 Å². The van der Waals surface area contributed by atoms with Crippen LogP contribution in [0.25, 0.3) is 11.0 Å². The second-order valence-corrected chi connectivity index (χ2v) is 8.86. The number of carbonyl (C=O) groups is 1. The molecular formula is C21H25ClN4O2S. The Hall–Kier alpha value is -2.25. The first-order valence-corrected chi connectivity index (χ1v) is 10.9. The lowest BCUT2D eigenvalue weighted by Gasteiger charge is -2.14. The van der Waals surface area contributed by atoms with Crippen molar-refractivity contribution >= 4 is 46.0 Å². The third-order valence-corrected chi connectivity index (χ3v) is 5.88. The number of H-pyrrole nitrogens is 1. The van der Waals surface area contributed by atoms with Crippen LogP contribution in [0.1, 0.15) is 31.5 Å². The molecule has 1 aromatic carbocycles. The fourth-order valence-corrected chi connectivity index (χ4v) is 4.10. The number of aromatic nitrogens is 3. The number of thioether (sulfide) groups is 1. The molecule has 0 spiro atoms. The molecule has 1 amide bonds. The van der Waals surface area contributed by atoms with Crippen molar-refractivity contribution in [3.63, 3.8) is 0 Å². The van der Waals surface area contributed by atoms with Crippen LogP contribution in [-0.2, 0) is 11.3 Å². The van der Waals surface area contributed by atoms with Gasteiger partial charge in [0.05, 0.1) is 22.0 Å². The third-order valence-electron chi connectivity index (χ3n) is 4.59. The Bertz CT molecular complexity index is 1080. The van der Waals surface area contributed by atoms with Gasteiger partial charge in [-0.3, -0.25) is 14.2 Å². The molecule has 0 aliphatic heterocycles. The Morgan fingerprint density at radius 1 is 1.34 bits per heavy atom. The average molecular weight is 433 g/mol. The minimum atomic E-state index is -0.193. The van der Waals surface area contributed by atoms with Crippen molar-refractivity contribution in [3.05, 3.63) is 50.9 Å². The standard InChI is InChI=1S/C21H25ClN4O2S/c1-12(2)8-9-26-20(28)19-16(10-14(4)23-19)24-21(26)29-11-17(27)25-18-13(3)6-5-7-15(18)22/h5-7,10,12,23H,8-9,11H2,1-4H3,(H,25,27). The van der Waals surface area contributed by atoms with E-state index < -0.39 is 0 Å². The minimum absolute atomic E-state index is 0.103. The van der Waals surface area contributed by atoms with Crippen molar-refractivity contribution in [1.29, 1.82) is 0 Å². The van der Waals surface area contributed by atoms with E-state index in [1.807, 2.05) is 32.0 Å². The highest BCUT2D eigenvalue weighted by molar-refractivity contribution is 7.99. The molecule has 3 rings (SSSR count). The van der Waals surface area contributed by atoms with Gasteiger partial charge in [0.1, 0.15) is 5.52 Å². The summed E-state index contributed by atoms with van der Waals surface area (Å²) in [5.41, 5.74) is 3.42. The number of halogens is 1. The molecule has 0 radical (unpaired) electrons. The minimum Gasteiger partial charge on any atom is -0.353 e. The van der Waals surface area contributed by atoms with Gasteiger partial charge in [-0.15, -0.1) is 0 Å². The molecule has 6 nitrogen and oxygen atoms in total. The van der Waals surface area contributed by atoms with Crippen molar-refractivity contribution < 1.29 is 4.79 Å². The Balaban J connectivity index is 1.83. The number of aromatic amines is 1. The molecule has 0 bridgehead atoms. The second-order valence-electron chi connectivity index (χ2n) is 7.51. The predicted octanol–water partition coefficient (Wildman–Crippen LogP) is 4.77. The van der Waals surface area contributed by atoms with Gasteiger partial charge < -0.3 is 10.3 Å². The summed E-state index contributed by atoms with van der Waals surface area (Å²) in [6.07, 6.45) is 0.853. The Labute approximate surface area is 179 Å². The summed E-state index contributed by atoms with van der Waals surface area (Å²) in [6.45, 7) is 8.57. The summed E-state index contributed by atoms with van der Waals surface area (Å²) in [5.74, 6) is 0.391. The van der Waals surface area contributed by atoms with Gasteiger partial charge in [-0.25, -0.2) is 4.98 Å². The van der Waals surface area contributed by atoms with E-state index in [0.29, 0.717) is 39.4 Å². The molecule has 2 N–H and O–H groups in total. The lowest BCUT2D eigenvalue weighted by molar-refractivity contribution is -0.113. The molecule has 0 aliphatic carbocycles. The van der Waals surface area contributed by atoms with Crippen molar-refractivity contribution in [2.45, 2.75) is 45.8 Å². The number of aryl methyl sites for hydroxylation is 2. The number of anilines is 1. The molecule has 0 fully saturated rings. The van der Waals surface area contributed by atoms with E-state index >= 15 is 0 Å². The quantitative estimate of drug-likeness (QED) is 0.416. The maximum atomic E-state index is 13.0. The van der Waals surface area contributed by atoms with Crippen molar-refractivity contribution in [1.82, 2.24) is 14.5 Å². The zero-order valence-corrected chi connectivity index (χ0v) is 18.6. The lowest BCUT2D eigenvalue weighted by atomic mass is 10.1. The average Bonchev–Trinajstić information content (AvgIpc) is 3.03. The summed E-state index contributed by atoms with van der Waals surface area (Å²) in [4.78, 5) is 33.2. The summed E-state index contributed by atoms with van der Waals surface area (Å²) >= 11 is 7.45. The van der Waals surface area contributed by atoms with E-state index in [-0.39, 0.29) is 17.2 Å². The number of nitrogens with zero attached hydrogens (tertiary/aromatic N) is 2. The van der Waals surface area contributed by atoms with Gasteiger partial charge in [-0.2, -0.15) is 0 Å². The maximum Gasteiger partial charge on any atom is 0.278 e. The number of benzene rings is 1. The van der Waals surface area contributed by atoms with E-state index in [0.717, 1.165) is 17.7 Å². The van der Waals surface area contributed by atoms with Crippen LogP contribution in [0.4, 0.5) is 5.69 Å². The fraction of sp³-hybridized carbons (Fsp3) is 0.381. The Morgan fingerprint density at radius 3 is 2.79 bits per heavy atom. The lowest BCUT2D eigenvalue weighted by Crippen LogP contribution is -2.25. The second kappa shape index (κ2) is 9.05. The first kappa shape index (κ1) is 21.5. The van der Waals surface area contributed by atoms with Crippen LogP contribution < -0.4 is 10.9 Å². The number of rotatable bonds is 7. The van der Waals surface area contributed by atoms with E-state index in [1.54, 1.807) is 10.6 Å². The van der Waals surface area contributed by atoms with E-state index in [4.69, 9.17) is 11.6 Å². The van der Waals surface area contributed by atoms with Crippen molar-refractivity contribution in [3.8, 4) is 0 Å². The van der Waals surface area contributed by atoms with Crippen LogP contribution in [-0.4, -0.2) is 26.2 Å². The van der Waals surface area contributed by atoms with Crippen LogP contribution in [0.3, 0.4) is 0 Å². The van der Waals surface area contributed by atoms with Crippen molar-refractivity contribution in [2.24, 2.45) is 5.92 Å². The molecule has 0 unspecified atom stereocenters. The van der Waals surface area contributed by atoms with Crippen molar-refractivity contribution in [2.75, 3.05) is 11.1 Å². The molecule has 29 heavy (non-hydrogen) atoms. The number of carbonyl (C=O) groups excluding carboxylic acids is 1. The molecule has 0 saturated heterocycles. The molecule has 0 aliphatic rings. The molecule has 0 atom stereocenters. The number of hydrogen-bond donors (Lipinski definition) is 2. The molecule has 0 saturated carbocycles. The van der Waals surface area contributed by atoms with Gasteiger partial charge in [0.25, 0.3) is 5.56 Å². The first-order valence-electron chi connectivity index (χ1n) is 9.54. The van der Waals surface area contributed by atoms with Gasteiger partial charge in [0.2, 0.25) is 5.91 Å². The number of nitrogens with one attached hydrogen (secondary N) is 2. The van der Waals surface area contributed by atoms with Gasteiger partial charge in [0.15, 0.2) is 5.16 Å². The highest BCUT2D eigenvalue weighted by Crippen LogP contribution is 2.26. The first-order chi connectivity index (χ1) is 13.8. The van der Waals surface area contributed by atoms with E-state index in [9.17, 15) is 9.59 Å². The highest BCUT2D eigenvalue weighted by Gasteiger charge is 2.16.